The van der Waals surface area contributed by atoms with Crippen molar-refractivity contribution in [3.63, 3.8) is 0 Å². The molecule has 2 N–H and O–H groups in total. The van der Waals surface area contributed by atoms with Gasteiger partial charge in [-0.25, -0.2) is 4.98 Å². The largest absolute Gasteiger partial charge is 0.326 e. The van der Waals surface area contributed by atoms with E-state index in [4.69, 9.17) is 5.73 Å². The lowest BCUT2D eigenvalue weighted by molar-refractivity contribution is 0.559. The Balaban J connectivity index is 2.06. The van der Waals surface area contributed by atoms with Crippen LogP contribution in [0.15, 0.2) is 36.5 Å². The molecular formula is C17H21N3. The highest BCUT2D eigenvalue weighted by molar-refractivity contribution is 5.67. The van der Waals surface area contributed by atoms with Gasteiger partial charge < -0.3 is 10.6 Å². The van der Waals surface area contributed by atoms with E-state index in [1.807, 2.05) is 6.20 Å². The number of nitrogens with two attached hydrogens (primary N) is 1. The van der Waals surface area contributed by atoms with Crippen LogP contribution in [0, 0.1) is 12.8 Å². The van der Waals surface area contributed by atoms with Crippen molar-refractivity contribution in [2.75, 3.05) is 11.4 Å². The summed E-state index contributed by atoms with van der Waals surface area (Å²) in [5, 5.41) is 0. The second kappa shape index (κ2) is 5.25. The first-order chi connectivity index (χ1) is 9.69. The van der Waals surface area contributed by atoms with Gasteiger partial charge in [-0.15, -0.1) is 0 Å². The summed E-state index contributed by atoms with van der Waals surface area (Å²) < 4.78 is 0. The third kappa shape index (κ3) is 2.29. The number of hydrogen-bond acceptors (Lipinski definition) is 3. The molecule has 3 nitrogen and oxygen atoms in total. The van der Waals surface area contributed by atoms with Gasteiger partial charge >= 0.3 is 0 Å². The normalized spacial score (nSPS) is 17.9. The number of aromatic nitrogens is 1. The first kappa shape index (κ1) is 13.1. The molecule has 0 saturated carbocycles. The van der Waals surface area contributed by atoms with Gasteiger partial charge in [-0.3, -0.25) is 0 Å². The van der Waals surface area contributed by atoms with E-state index in [-0.39, 0.29) is 0 Å². The van der Waals surface area contributed by atoms with Gasteiger partial charge in [0.2, 0.25) is 0 Å². The molecule has 1 atom stereocenters. The Morgan fingerprint density at radius 2 is 2.15 bits per heavy atom. The van der Waals surface area contributed by atoms with E-state index in [0.29, 0.717) is 12.5 Å². The fourth-order valence-corrected chi connectivity index (χ4v) is 3.02. The molecule has 3 heteroatoms. The molecule has 0 radical (unpaired) electrons. The smallest absolute Gasteiger partial charge is 0.135 e. The zero-order valence-electron chi connectivity index (χ0n) is 12.1. The number of para-hydroxylation sites is 1. The maximum absolute atomic E-state index is 5.69. The summed E-state index contributed by atoms with van der Waals surface area (Å²) in [6.45, 7) is 5.98. The Morgan fingerprint density at radius 1 is 1.35 bits per heavy atom. The zero-order valence-corrected chi connectivity index (χ0v) is 12.1. The number of pyridine rings is 1. The second-order valence-corrected chi connectivity index (χ2v) is 5.74. The van der Waals surface area contributed by atoms with Crippen molar-refractivity contribution in [2.45, 2.75) is 26.8 Å². The quantitative estimate of drug-likeness (QED) is 0.908. The molecule has 104 valence electrons. The van der Waals surface area contributed by atoms with Gasteiger partial charge in [-0.05, 0) is 48.1 Å². The molecule has 0 aliphatic carbocycles. The van der Waals surface area contributed by atoms with Crippen LogP contribution in [-0.2, 0) is 13.0 Å². The first-order valence-corrected chi connectivity index (χ1v) is 7.20. The van der Waals surface area contributed by atoms with Crippen LogP contribution in [0.25, 0.3) is 0 Å². The molecule has 1 aromatic carbocycles. The van der Waals surface area contributed by atoms with E-state index in [1.165, 1.54) is 16.8 Å². The summed E-state index contributed by atoms with van der Waals surface area (Å²) in [5.41, 5.74) is 10.7. The number of benzene rings is 1. The first-order valence-electron chi connectivity index (χ1n) is 7.20. The van der Waals surface area contributed by atoms with Crippen molar-refractivity contribution in [2.24, 2.45) is 11.7 Å². The Hall–Kier alpha value is -1.87. The van der Waals surface area contributed by atoms with Gasteiger partial charge in [0, 0.05) is 25.0 Å². The van der Waals surface area contributed by atoms with Gasteiger partial charge in [-0.2, -0.15) is 0 Å². The molecule has 1 aromatic heterocycles. The molecule has 0 spiro atoms. The monoisotopic (exact) mass is 267 g/mol. The lowest BCUT2D eigenvalue weighted by Crippen LogP contribution is -2.31. The fraction of sp³-hybridized carbons (Fsp3) is 0.353. The Morgan fingerprint density at radius 3 is 2.90 bits per heavy atom. The molecule has 1 aliphatic heterocycles. The number of nitrogens with zero attached hydrogens (tertiary/aromatic N) is 2. The van der Waals surface area contributed by atoms with E-state index in [0.717, 1.165) is 24.3 Å². The molecule has 20 heavy (non-hydrogen) atoms. The highest BCUT2D eigenvalue weighted by Crippen LogP contribution is 2.35. The third-order valence-electron chi connectivity index (χ3n) is 3.94. The van der Waals surface area contributed by atoms with Gasteiger partial charge in [0.1, 0.15) is 5.82 Å². The SMILES string of the molecule is Cc1cc(CN)cnc1N1CC(C)Cc2ccccc21. The Bertz CT molecular complexity index is 621. The van der Waals surface area contributed by atoms with Crippen LogP contribution in [0.3, 0.4) is 0 Å². The van der Waals surface area contributed by atoms with Crippen molar-refractivity contribution in [3.05, 3.63) is 53.2 Å². The minimum absolute atomic E-state index is 0.543. The van der Waals surface area contributed by atoms with Gasteiger partial charge in [0.15, 0.2) is 0 Å². The van der Waals surface area contributed by atoms with Gasteiger partial charge in [-0.1, -0.05) is 25.1 Å². The number of fused-ring (bicyclic) bond motifs is 1. The summed E-state index contributed by atoms with van der Waals surface area (Å²) in [6, 6.07) is 10.8. The topological polar surface area (TPSA) is 42.1 Å². The highest BCUT2D eigenvalue weighted by Gasteiger charge is 2.24. The van der Waals surface area contributed by atoms with E-state index in [2.05, 4.69) is 54.1 Å². The second-order valence-electron chi connectivity index (χ2n) is 5.74. The maximum atomic E-state index is 5.69. The minimum atomic E-state index is 0.543. The number of rotatable bonds is 2. The average Bonchev–Trinajstić information content (AvgIpc) is 2.46. The van der Waals surface area contributed by atoms with Crippen LogP contribution < -0.4 is 10.6 Å². The summed E-state index contributed by atoms with van der Waals surface area (Å²) in [5.74, 6) is 1.70. The van der Waals surface area contributed by atoms with Crippen molar-refractivity contribution in [3.8, 4) is 0 Å². The van der Waals surface area contributed by atoms with Crippen LogP contribution >= 0.6 is 0 Å². The van der Waals surface area contributed by atoms with Crippen LogP contribution in [0.4, 0.5) is 11.5 Å². The fourth-order valence-electron chi connectivity index (χ4n) is 3.02. The number of aryl methyl sites for hydroxylation is 1. The van der Waals surface area contributed by atoms with Crippen molar-refractivity contribution in [1.29, 1.82) is 0 Å². The molecule has 2 heterocycles. The minimum Gasteiger partial charge on any atom is -0.326 e. The van der Waals surface area contributed by atoms with Crippen molar-refractivity contribution in [1.82, 2.24) is 4.98 Å². The average molecular weight is 267 g/mol. The van der Waals surface area contributed by atoms with E-state index < -0.39 is 0 Å². The maximum Gasteiger partial charge on any atom is 0.135 e. The third-order valence-corrected chi connectivity index (χ3v) is 3.94. The van der Waals surface area contributed by atoms with Crippen LogP contribution in [-0.4, -0.2) is 11.5 Å². The molecule has 0 saturated heterocycles. The highest BCUT2D eigenvalue weighted by atomic mass is 15.2. The predicted octanol–water partition coefficient (Wildman–Crippen LogP) is 3.18. The van der Waals surface area contributed by atoms with Gasteiger partial charge in [0.05, 0.1) is 0 Å². The van der Waals surface area contributed by atoms with E-state index in [9.17, 15) is 0 Å². The Kier molecular flexibility index (Phi) is 3.45. The molecule has 0 fully saturated rings. The zero-order chi connectivity index (χ0) is 14.1. The number of hydrogen-bond donors (Lipinski definition) is 1. The van der Waals surface area contributed by atoms with E-state index in [1.54, 1.807) is 0 Å². The van der Waals surface area contributed by atoms with Crippen molar-refractivity contribution >= 4 is 11.5 Å². The molecule has 3 rings (SSSR count). The molecular weight excluding hydrogens is 246 g/mol. The lowest BCUT2D eigenvalue weighted by Gasteiger charge is -2.34. The molecule has 2 aromatic rings. The Labute approximate surface area is 120 Å². The summed E-state index contributed by atoms with van der Waals surface area (Å²) in [4.78, 5) is 7.00. The summed E-state index contributed by atoms with van der Waals surface area (Å²) in [7, 11) is 0. The van der Waals surface area contributed by atoms with Crippen LogP contribution in [0.1, 0.15) is 23.6 Å². The molecule has 0 amide bonds. The van der Waals surface area contributed by atoms with Crippen LogP contribution in [0.5, 0.6) is 0 Å². The summed E-state index contributed by atoms with van der Waals surface area (Å²) in [6.07, 6.45) is 3.04. The standard InChI is InChI=1S/C17H21N3/c1-12-7-15-5-3-4-6-16(15)20(11-12)17-13(2)8-14(9-18)10-19-17/h3-6,8,10,12H,7,9,11,18H2,1-2H3. The predicted molar refractivity (Wildman–Crippen MR) is 83.2 cm³/mol. The van der Waals surface area contributed by atoms with E-state index >= 15 is 0 Å². The van der Waals surface area contributed by atoms with Crippen molar-refractivity contribution < 1.29 is 0 Å². The van der Waals surface area contributed by atoms with Crippen LogP contribution in [0.2, 0.25) is 0 Å². The molecule has 1 aliphatic rings. The summed E-state index contributed by atoms with van der Waals surface area (Å²) >= 11 is 0. The number of anilines is 2. The lowest BCUT2D eigenvalue weighted by atomic mass is 9.93. The van der Waals surface area contributed by atoms with Gasteiger partial charge in [0.25, 0.3) is 0 Å². The molecule has 1 unspecified atom stereocenters. The molecule has 0 bridgehead atoms.